The smallest absolute Gasteiger partial charge is 0.151 e. The van der Waals surface area contributed by atoms with E-state index in [1.54, 1.807) is 7.11 Å². The van der Waals surface area contributed by atoms with Crippen LogP contribution in [0.5, 0.6) is 0 Å². The van der Waals surface area contributed by atoms with E-state index in [1.807, 2.05) is 18.2 Å². The van der Waals surface area contributed by atoms with Crippen LogP contribution in [-0.4, -0.2) is 97.9 Å². The maximum absolute atomic E-state index is 15.1. The number of aliphatic hydroxyl groups is 1. The Morgan fingerprint density at radius 2 is 1.86 bits per heavy atom. The van der Waals surface area contributed by atoms with Gasteiger partial charge in [0.15, 0.2) is 5.82 Å². The molecule has 0 radical (unpaired) electrons. The topological polar surface area (TPSA) is 83.1 Å². The SMILES string of the molecule is COCCCN1CCN(c2ccc(-c3nc4cc(CC5CO[C@@H]6C(O)CO[C@H]56)[nH]c4cc3F)cc2)CC1. The summed E-state index contributed by atoms with van der Waals surface area (Å²) in [6.07, 6.45) is 0.863. The molecule has 0 aliphatic carbocycles. The molecule has 0 spiro atoms. The van der Waals surface area contributed by atoms with Crippen LogP contribution in [0.2, 0.25) is 0 Å². The van der Waals surface area contributed by atoms with Gasteiger partial charge in [-0.2, -0.15) is 0 Å². The van der Waals surface area contributed by atoms with Crippen LogP contribution >= 0.6 is 0 Å². The van der Waals surface area contributed by atoms with E-state index in [0.717, 1.165) is 68.2 Å². The minimum Gasteiger partial charge on any atom is -0.388 e. The number of piperazine rings is 1. The Morgan fingerprint density at radius 3 is 2.65 bits per heavy atom. The quantitative estimate of drug-likeness (QED) is 0.451. The summed E-state index contributed by atoms with van der Waals surface area (Å²) < 4.78 is 31.7. The van der Waals surface area contributed by atoms with Crippen LogP contribution in [0.3, 0.4) is 0 Å². The first-order valence-electron chi connectivity index (χ1n) is 13.2. The van der Waals surface area contributed by atoms with Gasteiger partial charge in [-0.25, -0.2) is 9.37 Å². The summed E-state index contributed by atoms with van der Waals surface area (Å²) in [6, 6.07) is 11.6. The standard InChI is InChI=1S/C28H35FN4O4/c1-35-12-2-7-32-8-10-33(11-9-32)21-5-3-18(4-6-21)26-22(29)15-24-23(31-26)14-20(30-24)13-19-16-36-28-25(34)17-37-27(19)28/h3-6,14-15,19,25,27-28,30,34H,2,7-13,16-17H2,1H3/t19?,25?,27-,28-/m1/s1. The summed E-state index contributed by atoms with van der Waals surface area (Å²) in [5.41, 5.74) is 4.67. The third-order valence-corrected chi connectivity index (χ3v) is 7.92. The molecule has 8 nitrogen and oxygen atoms in total. The number of hydrogen-bond acceptors (Lipinski definition) is 7. The van der Waals surface area contributed by atoms with Gasteiger partial charge in [-0.15, -0.1) is 0 Å². The number of nitrogens with one attached hydrogen (secondary N) is 1. The van der Waals surface area contributed by atoms with Gasteiger partial charge >= 0.3 is 0 Å². The molecule has 1 aromatic carbocycles. The molecule has 3 aliphatic heterocycles. The van der Waals surface area contributed by atoms with Crippen LogP contribution in [0.15, 0.2) is 36.4 Å². The molecule has 2 N–H and O–H groups in total. The minimum absolute atomic E-state index is 0.0983. The lowest BCUT2D eigenvalue weighted by Crippen LogP contribution is -2.46. The van der Waals surface area contributed by atoms with E-state index in [9.17, 15) is 5.11 Å². The molecule has 3 aliphatic rings. The Bertz CT molecular complexity index is 1210. The summed E-state index contributed by atoms with van der Waals surface area (Å²) in [6.45, 7) is 6.77. The largest absolute Gasteiger partial charge is 0.388 e. The third kappa shape index (κ3) is 5.11. The Kier molecular flexibility index (Phi) is 7.14. The molecule has 37 heavy (non-hydrogen) atoms. The molecular formula is C28H35FN4O4. The Labute approximate surface area is 216 Å². The van der Waals surface area contributed by atoms with Gasteiger partial charge < -0.3 is 29.2 Å². The fourth-order valence-corrected chi connectivity index (χ4v) is 5.91. The van der Waals surface area contributed by atoms with Crippen molar-refractivity contribution >= 4 is 16.7 Å². The van der Waals surface area contributed by atoms with E-state index < -0.39 is 6.10 Å². The van der Waals surface area contributed by atoms with Crippen molar-refractivity contribution in [3.63, 3.8) is 0 Å². The maximum atomic E-state index is 15.1. The van der Waals surface area contributed by atoms with Gasteiger partial charge in [0.2, 0.25) is 0 Å². The number of halogens is 1. The molecule has 3 fully saturated rings. The monoisotopic (exact) mass is 510 g/mol. The zero-order valence-electron chi connectivity index (χ0n) is 21.2. The van der Waals surface area contributed by atoms with E-state index >= 15 is 4.39 Å². The van der Waals surface area contributed by atoms with E-state index in [1.165, 1.54) is 6.07 Å². The summed E-state index contributed by atoms with van der Waals surface area (Å²) in [4.78, 5) is 12.8. The molecule has 6 rings (SSSR count). The number of ether oxygens (including phenoxy) is 3. The molecule has 0 bridgehead atoms. The van der Waals surface area contributed by atoms with Crippen molar-refractivity contribution in [2.75, 3.05) is 64.6 Å². The highest BCUT2D eigenvalue weighted by Gasteiger charge is 2.46. The van der Waals surface area contributed by atoms with Crippen molar-refractivity contribution in [1.82, 2.24) is 14.9 Å². The summed E-state index contributed by atoms with van der Waals surface area (Å²) >= 11 is 0. The minimum atomic E-state index is -0.557. The van der Waals surface area contributed by atoms with Crippen molar-refractivity contribution in [2.24, 2.45) is 5.92 Å². The molecule has 2 aromatic heterocycles. The second-order valence-corrected chi connectivity index (χ2v) is 10.4. The fourth-order valence-electron chi connectivity index (χ4n) is 5.91. The highest BCUT2D eigenvalue weighted by Crippen LogP contribution is 2.34. The second-order valence-electron chi connectivity index (χ2n) is 10.4. The number of nitrogens with zero attached hydrogens (tertiary/aromatic N) is 3. The number of fused-ring (bicyclic) bond motifs is 2. The number of aromatic amines is 1. The Balaban J connectivity index is 1.12. The maximum Gasteiger partial charge on any atom is 0.151 e. The van der Waals surface area contributed by atoms with Crippen molar-refractivity contribution in [3.05, 3.63) is 47.9 Å². The highest BCUT2D eigenvalue weighted by atomic mass is 19.1. The summed E-state index contributed by atoms with van der Waals surface area (Å²) in [7, 11) is 1.75. The van der Waals surface area contributed by atoms with Gasteiger partial charge in [0, 0.05) is 75.4 Å². The molecule has 4 atom stereocenters. The molecule has 3 aromatic rings. The van der Waals surface area contributed by atoms with Gasteiger partial charge in [-0.05, 0) is 31.0 Å². The number of anilines is 1. The number of aliphatic hydroxyl groups excluding tert-OH is 1. The van der Waals surface area contributed by atoms with Crippen LogP contribution in [0.25, 0.3) is 22.3 Å². The van der Waals surface area contributed by atoms with Crippen LogP contribution in [-0.2, 0) is 20.6 Å². The first-order valence-corrected chi connectivity index (χ1v) is 13.2. The van der Waals surface area contributed by atoms with Crippen LogP contribution in [0.4, 0.5) is 10.1 Å². The lowest BCUT2D eigenvalue weighted by atomic mass is 9.96. The fraction of sp³-hybridized carbons (Fsp3) is 0.536. The summed E-state index contributed by atoms with van der Waals surface area (Å²) in [5, 5.41) is 9.99. The molecule has 0 amide bonds. The van der Waals surface area contributed by atoms with Crippen molar-refractivity contribution < 1.29 is 23.7 Å². The Hall–Kier alpha value is -2.56. The van der Waals surface area contributed by atoms with Gasteiger partial charge in [-0.3, -0.25) is 4.90 Å². The van der Waals surface area contributed by atoms with Gasteiger partial charge in [0.25, 0.3) is 0 Å². The lowest BCUT2D eigenvalue weighted by Gasteiger charge is -2.36. The van der Waals surface area contributed by atoms with Crippen molar-refractivity contribution in [3.8, 4) is 11.3 Å². The average Bonchev–Trinajstić information content (AvgIpc) is 3.61. The molecular weight excluding hydrogens is 475 g/mol. The lowest BCUT2D eigenvalue weighted by molar-refractivity contribution is 0.0169. The predicted octanol–water partition coefficient (Wildman–Crippen LogP) is 2.84. The van der Waals surface area contributed by atoms with E-state index in [2.05, 4.69) is 31.9 Å². The van der Waals surface area contributed by atoms with Crippen LogP contribution < -0.4 is 4.90 Å². The zero-order valence-corrected chi connectivity index (χ0v) is 21.2. The highest BCUT2D eigenvalue weighted by molar-refractivity contribution is 5.80. The van der Waals surface area contributed by atoms with Gasteiger partial charge in [0.05, 0.1) is 30.4 Å². The number of benzene rings is 1. The number of pyridine rings is 1. The molecule has 3 saturated heterocycles. The van der Waals surface area contributed by atoms with Crippen molar-refractivity contribution in [1.29, 1.82) is 0 Å². The van der Waals surface area contributed by atoms with Crippen LogP contribution in [0.1, 0.15) is 12.1 Å². The molecule has 9 heteroatoms. The summed E-state index contributed by atoms with van der Waals surface area (Å²) in [5.74, 6) is -0.191. The number of rotatable bonds is 8. The van der Waals surface area contributed by atoms with E-state index in [-0.39, 0.29) is 23.9 Å². The first kappa shape index (κ1) is 24.8. The number of H-pyrrole nitrogens is 1. The van der Waals surface area contributed by atoms with Crippen LogP contribution in [0, 0.1) is 11.7 Å². The zero-order chi connectivity index (χ0) is 25.4. The van der Waals surface area contributed by atoms with Gasteiger partial charge in [0.1, 0.15) is 17.9 Å². The van der Waals surface area contributed by atoms with Gasteiger partial charge in [-0.1, -0.05) is 12.1 Å². The average molecular weight is 511 g/mol. The van der Waals surface area contributed by atoms with E-state index in [4.69, 9.17) is 14.2 Å². The molecule has 5 heterocycles. The normalized spacial score (nSPS) is 26.3. The van der Waals surface area contributed by atoms with Crippen molar-refractivity contribution in [2.45, 2.75) is 31.2 Å². The second kappa shape index (κ2) is 10.7. The molecule has 0 saturated carbocycles. The van der Waals surface area contributed by atoms with E-state index in [0.29, 0.717) is 30.8 Å². The number of methoxy groups -OCH3 is 1. The number of hydrogen-bond donors (Lipinski definition) is 2. The molecule has 198 valence electrons. The first-order chi connectivity index (χ1) is 18.1. The Morgan fingerprint density at radius 1 is 1.08 bits per heavy atom. The third-order valence-electron chi connectivity index (χ3n) is 7.92. The molecule has 2 unspecified atom stereocenters. The predicted molar refractivity (Wildman–Crippen MR) is 139 cm³/mol. The number of aromatic nitrogens is 2.